The number of imidazole rings is 1. The normalized spacial score (nSPS) is 15.3. The fourth-order valence-corrected chi connectivity index (χ4v) is 6.22. The quantitative estimate of drug-likeness (QED) is 0.333. The molecule has 7 nitrogen and oxygen atoms in total. The zero-order chi connectivity index (χ0) is 25.9. The van der Waals surface area contributed by atoms with Gasteiger partial charge < -0.3 is 14.1 Å². The second-order valence-electron chi connectivity index (χ2n) is 10.9. The Kier molecular flexibility index (Phi) is 7.83. The van der Waals surface area contributed by atoms with Crippen molar-refractivity contribution in [3.8, 4) is 5.88 Å². The molecule has 1 aliphatic rings. The molecule has 1 saturated carbocycles. The van der Waals surface area contributed by atoms with Crippen molar-refractivity contribution in [2.75, 3.05) is 6.61 Å². The number of aromatic nitrogens is 3. The average molecular weight is 512 g/mol. The fraction of sp³-hybridized carbons (Fsp3) is 0.536. The summed E-state index contributed by atoms with van der Waals surface area (Å²) in [6.45, 7) is 9.21. The Labute approximate surface area is 214 Å². The van der Waals surface area contributed by atoms with E-state index in [9.17, 15) is 13.2 Å². The summed E-state index contributed by atoms with van der Waals surface area (Å²) >= 11 is 0. The predicted octanol–water partition coefficient (Wildman–Crippen LogP) is 5.89. The van der Waals surface area contributed by atoms with E-state index in [0.717, 1.165) is 17.9 Å². The topological polar surface area (TPSA) is 91.2 Å². The lowest BCUT2D eigenvalue weighted by atomic mass is 9.88. The zero-order valence-electron chi connectivity index (χ0n) is 21.8. The summed E-state index contributed by atoms with van der Waals surface area (Å²) in [6, 6.07) is 8.18. The lowest BCUT2D eigenvalue weighted by molar-refractivity contribution is -0.117. The van der Waals surface area contributed by atoms with Crippen molar-refractivity contribution in [1.29, 1.82) is 0 Å². The molecular formula is C28H37N3O4S. The first-order chi connectivity index (χ1) is 17.1. The van der Waals surface area contributed by atoms with Crippen LogP contribution in [0.2, 0.25) is 0 Å². The minimum absolute atomic E-state index is 0.0917. The number of nitrogens with zero attached hydrogens (tertiary/aromatic N) is 3. The van der Waals surface area contributed by atoms with Crippen LogP contribution < -0.4 is 4.74 Å². The van der Waals surface area contributed by atoms with Gasteiger partial charge in [0.1, 0.15) is 11.6 Å². The Morgan fingerprint density at radius 3 is 2.50 bits per heavy atom. The van der Waals surface area contributed by atoms with Gasteiger partial charge in [-0.15, -0.1) is 0 Å². The second kappa shape index (κ2) is 10.7. The maximum Gasteiger partial charge on any atom is 0.214 e. The Balaban J connectivity index is 1.64. The van der Waals surface area contributed by atoms with Gasteiger partial charge in [-0.1, -0.05) is 40.0 Å². The van der Waals surface area contributed by atoms with E-state index in [-0.39, 0.29) is 26.9 Å². The molecule has 8 heteroatoms. The van der Waals surface area contributed by atoms with E-state index in [1.807, 2.05) is 6.07 Å². The molecule has 1 aliphatic carbocycles. The molecule has 1 fully saturated rings. The first-order valence-electron chi connectivity index (χ1n) is 12.9. The van der Waals surface area contributed by atoms with Crippen LogP contribution in [0, 0.1) is 5.92 Å². The van der Waals surface area contributed by atoms with E-state index in [0.29, 0.717) is 30.9 Å². The van der Waals surface area contributed by atoms with Crippen molar-refractivity contribution >= 4 is 26.7 Å². The van der Waals surface area contributed by atoms with Crippen molar-refractivity contribution < 1.29 is 17.9 Å². The van der Waals surface area contributed by atoms with Crippen LogP contribution >= 0.6 is 0 Å². The van der Waals surface area contributed by atoms with Crippen LogP contribution in [-0.2, 0) is 26.6 Å². The Morgan fingerprint density at radius 2 is 1.81 bits per heavy atom. The molecule has 2 aromatic heterocycles. The van der Waals surface area contributed by atoms with E-state index < -0.39 is 9.84 Å². The molecule has 4 rings (SSSR count). The van der Waals surface area contributed by atoms with Crippen LogP contribution in [0.4, 0.5) is 0 Å². The van der Waals surface area contributed by atoms with Crippen LogP contribution in [0.15, 0.2) is 46.3 Å². The summed E-state index contributed by atoms with van der Waals surface area (Å²) in [5.41, 5.74) is 1.52. The van der Waals surface area contributed by atoms with Gasteiger partial charge in [0.15, 0.2) is 0 Å². The number of Topliss-reactive ketones (excluding diaryl/α,β-unsaturated/α-hetero) is 1. The molecule has 0 atom stereocenters. The van der Waals surface area contributed by atoms with Crippen molar-refractivity contribution in [2.24, 2.45) is 5.92 Å². The number of hydrogen-bond donors (Lipinski definition) is 0. The maximum atomic E-state index is 13.5. The summed E-state index contributed by atoms with van der Waals surface area (Å²) in [7, 11) is -3.79. The lowest BCUT2D eigenvalue weighted by Crippen LogP contribution is -2.22. The standard InChI is InChI=1S/C28H37N3O4S/c1-20(32)9-8-16-35-26-18-23(14-15-29-26)36(33,34)22-12-13-25-24(17-22)30-27(28(2,3)4)31(25)19-21-10-6-5-7-11-21/h12-15,17-18,21H,5-11,16,19H2,1-4H3. The van der Waals surface area contributed by atoms with Crippen molar-refractivity contribution in [2.45, 2.75) is 94.4 Å². The molecule has 0 spiro atoms. The van der Waals surface area contributed by atoms with E-state index in [4.69, 9.17) is 9.72 Å². The van der Waals surface area contributed by atoms with Crippen LogP contribution in [-0.4, -0.2) is 35.3 Å². The molecule has 0 radical (unpaired) electrons. The van der Waals surface area contributed by atoms with Gasteiger partial charge in [0.2, 0.25) is 15.7 Å². The molecule has 194 valence electrons. The number of carbonyl (C=O) groups is 1. The maximum absolute atomic E-state index is 13.5. The second-order valence-corrected chi connectivity index (χ2v) is 12.9. The molecule has 0 unspecified atom stereocenters. The molecule has 0 aliphatic heterocycles. The summed E-state index contributed by atoms with van der Waals surface area (Å²) in [5.74, 6) is 1.94. The van der Waals surface area contributed by atoms with Crippen LogP contribution in [0.5, 0.6) is 5.88 Å². The molecule has 0 bridgehead atoms. The Hall–Kier alpha value is -2.74. The van der Waals surface area contributed by atoms with Gasteiger partial charge in [-0.25, -0.2) is 18.4 Å². The smallest absolute Gasteiger partial charge is 0.214 e. The van der Waals surface area contributed by atoms with Crippen molar-refractivity contribution in [1.82, 2.24) is 14.5 Å². The first-order valence-corrected chi connectivity index (χ1v) is 14.4. The predicted molar refractivity (Wildman–Crippen MR) is 140 cm³/mol. The van der Waals surface area contributed by atoms with Crippen molar-refractivity contribution in [3.63, 3.8) is 0 Å². The highest BCUT2D eigenvalue weighted by Crippen LogP contribution is 2.33. The monoisotopic (exact) mass is 511 g/mol. The van der Waals surface area contributed by atoms with Gasteiger partial charge in [0.05, 0.1) is 27.4 Å². The van der Waals surface area contributed by atoms with Gasteiger partial charge in [0.25, 0.3) is 0 Å². The van der Waals surface area contributed by atoms with Crippen LogP contribution in [0.1, 0.15) is 78.5 Å². The first kappa shape index (κ1) is 26.3. The van der Waals surface area contributed by atoms with Crippen LogP contribution in [0.25, 0.3) is 11.0 Å². The molecule has 0 amide bonds. The van der Waals surface area contributed by atoms with E-state index >= 15 is 0 Å². The Morgan fingerprint density at radius 1 is 1.08 bits per heavy atom. The fourth-order valence-electron chi connectivity index (χ4n) is 4.93. The van der Waals surface area contributed by atoms with Gasteiger partial charge >= 0.3 is 0 Å². The SMILES string of the molecule is CC(=O)CCCOc1cc(S(=O)(=O)c2ccc3c(c2)nc(C(C)(C)C)n3CC2CCCCC2)ccn1. The number of carbonyl (C=O) groups excluding carboxylic acids is 1. The van der Waals surface area contributed by atoms with E-state index in [1.165, 1.54) is 57.4 Å². The molecule has 3 aromatic rings. The molecule has 2 heterocycles. The van der Waals surface area contributed by atoms with Gasteiger partial charge in [-0.05, 0) is 56.4 Å². The summed E-state index contributed by atoms with van der Waals surface area (Å²) < 4.78 is 34.9. The molecule has 1 aromatic carbocycles. The summed E-state index contributed by atoms with van der Waals surface area (Å²) in [5, 5.41) is 0. The average Bonchev–Trinajstić information content (AvgIpc) is 3.21. The number of fused-ring (bicyclic) bond motifs is 1. The molecule has 0 N–H and O–H groups in total. The molecule has 0 saturated heterocycles. The number of rotatable bonds is 9. The van der Waals surface area contributed by atoms with Gasteiger partial charge in [-0.2, -0.15) is 0 Å². The minimum Gasteiger partial charge on any atom is -0.478 e. The number of hydrogen-bond acceptors (Lipinski definition) is 6. The lowest BCUT2D eigenvalue weighted by Gasteiger charge is -2.26. The number of sulfone groups is 1. The third-order valence-corrected chi connectivity index (χ3v) is 8.56. The highest BCUT2D eigenvalue weighted by molar-refractivity contribution is 7.91. The highest BCUT2D eigenvalue weighted by Gasteiger charge is 2.27. The van der Waals surface area contributed by atoms with Gasteiger partial charge in [-0.3, -0.25) is 0 Å². The number of ketones is 1. The summed E-state index contributed by atoms with van der Waals surface area (Å²) in [6.07, 6.45) is 8.74. The van der Waals surface area contributed by atoms with E-state index in [2.05, 4.69) is 30.3 Å². The number of benzene rings is 1. The molecule has 36 heavy (non-hydrogen) atoms. The highest BCUT2D eigenvalue weighted by atomic mass is 32.2. The third kappa shape index (κ3) is 5.97. The zero-order valence-corrected chi connectivity index (χ0v) is 22.6. The van der Waals surface area contributed by atoms with E-state index in [1.54, 1.807) is 12.1 Å². The number of pyridine rings is 1. The molecular weight excluding hydrogens is 474 g/mol. The van der Waals surface area contributed by atoms with Gasteiger partial charge in [0, 0.05) is 30.6 Å². The van der Waals surface area contributed by atoms with Crippen molar-refractivity contribution in [3.05, 3.63) is 42.4 Å². The third-order valence-electron chi connectivity index (χ3n) is 6.81. The number of ether oxygens (including phenoxy) is 1. The Bertz CT molecular complexity index is 1330. The summed E-state index contributed by atoms with van der Waals surface area (Å²) in [4.78, 5) is 20.5. The largest absolute Gasteiger partial charge is 0.478 e. The van der Waals surface area contributed by atoms with Crippen LogP contribution in [0.3, 0.4) is 0 Å². The minimum atomic E-state index is -3.79.